The van der Waals surface area contributed by atoms with Gasteiger partial charge in [-0.3, -0.25) is 9.59 Å². The van der Waals surface area contributed by atoms with Crippen LogP contribution in [0.1, 0.15) is 39.0 Å². The number of H-pyrrole nitrogens is 1. The maximum atomic E-state index is 12.0. The summed E-state index contributed by atoms with van der Waals surface area (Å²) in [6, 6.07) is 1.35. The average molecular weight is 307 g/mol. The van der Waals surface area contributed by atoms with Gasteiger partial charge in [-0.1, -0.05) is 23.4 Å². The zero-order valence-corrected chi connectivity index (χ0v) is 13.0. The maximum absolute atomic E-state index is 12.0. The van der Waals surface area contributed by atoms with Crippen LogP contribution in [0, 0.1) is 0 Å². The lowest BCUT2D eigenvalue weighted by atomic mass is 9.97. The van der Waals surface area contributed by atoms with Gasteiger partial charge in [0.05, 0.1) is 5.25 Å². The van der Waals surface area contributed by atoms with Crippen molar-refractivity contribution in [1.29, 1.82) is 0 Å². The van der Waals surface area contributed by atoms with E-state index in [0.717, 1.165) is 12.8 Å². The van der Waals surface area contributed by atoms with Crippen LogP contribution in [0.25, 0.3) is 0 Å². The second-order valence-corrected chi connectivity index (χ2v) is 6.48. The SMILES string of the molecule is C[C@@H](Sc1nccc(=O)[nH]1)C(=O)NCCC1=CCCCC1. The van der Waals surface area contributed by atoms with Crippen LogP contribution in [-0.2, 0) is 4.79 Å². The number of nitrogens with one attached hydrogen (secondary N) is 2. The molecule has 5 nitrogen and oxygen atoms in total. The predicted octanol–water partition coefficient (Wildman–Crippen LogP) is 2.26. The number of thioether (sulfide) groups is 1. The molecule has 2 rings (SSSR count). The summed E-state index contributed by atoms with van der Waals surface area (Å²) in [5.74, 6) is -0.0251. The number of amides is 1. The highest BCUT2D eigenvalue weighted by Crippen LogP contribution is 2.20. The Kier molecular flexibility index (Phi) is 6.04. The molecule has 0 saturated heterocycles. The number of aromatic amines is 1. The second-order valence-electron chi connectivity index (χ2n) is 5.15. The molecule has 0 saturated carbocycles. The van der Waals surface area contributed by atoms with Gasteiger partial charge in [-0.05, 0) is 39.0 Å². The molecule has 0 spiro atoms. The first-order chi connectivity index (χ1) is 10.1. The monoisotopic (exact) mass is 307 g/mol. The summed E-state index contributed by atoms with van der Waals surface area (Å²) >= 11 is 1.26. The van der Waals surface area contributed by atoms with E-state index in [1.807, 2.05) is 6.92 Å². The van der Waals surface area contributed by atoms with Gasteiger partial charge < -0.3 is 10.3 Å². The van der Waals surface area contributed by atoms with Crippen molar-refractivity contribution < 1.29 is 4.79 Å². The molecule has 1 atom stereocenters. The molecule has 0 aromatic carbocycles. The van der Waals surface area contributed by atoms with Gasteiger partial charge in [0.15, 0.2) is 5.16 Å². The largest absolute Gasteiger partial charge is 0.355 e. The van der Waals surface area contributed by atoms with Gasteiger partial charge in [-0.25, -0.2) is 4.98 Å². The molecule has 1 aliphatic carbocycles. The highest BCUT2D eigenvalue weighted by Gasteiger charge is 2.15. The quantitative estimate of drug-likeness (QED) is 0.480. The Balaban J connectivity index is 1.74. The molecule has 1 amide bonds. The Morgan fingerprint density at radius 2 is 2.38 bits per heavy atom. The number of rotatable bonds is 6. The number of carbonyl (C=O) groups excluding carboxylic acids is 1. The first kappa shape index (κ1) is 15.8. The number of aromatic nitrogens is 2. The summed E-state index contributed by atoms with van der Waals surface area (Å²) in [7, 11) is 0. The van der Waals surface area contributed by atoms with Gasteiger partial charge >= 0.3 is 0 Å². The molecule has 1 heterocycles. The number of allylic oxidation sites excluding steroid dienone is 1. The Hall–Kier alpha value is -1.56. The molecule has 1 aromatic heterocycles. The molecule has 0 aliphatic heterocycles. The highest BCUT2D eigenvalue weighted by molar-refractivity contribution is 8.00. The lowest BCUT2D eigenvalue weighted by Crippen LogP contribution is -2.32. The number of carbonyl (C=O) groups is 1. The number of nitrogens with zero attached hydrogens (tertiary/aromatic N) is 1. The Morgan fingerprint density at radius 1 is 1.52 bits per heavy atom. The van der Waals surface area contributed by atoms with E-state index < -0.39 is 0 Å². The van der Waals surface area contributed by atoms with Crippen LogP contribution in [0.15, 0.2) is 33.9 Å². The van der Waals surface area contributed by atoms with Crippen LogP contribution in [0.5, 0.6) is 0 Å². The molecule has 114 valence electrons. The Morgan fingerprint density at radius 3 is 3.10 bits per heavy atom. The van der Waals surface area contributed by atoms with E-state index in [1.54, 1.807) is 0 Å². The molecular formula is C15H21N3O2S. The van der Waals surface area contributed by atoms with Crippen molar-refractivity contribution in [3.05, 3.63) is 34.3 Å². The molecule has 0 unspecified atom stereocenters. The molecule has 0 bridgehead atoms. The van der Waals surface area contributed by atoms with Crippen molar-refractivity contribution in [3.8, 4) is 0 Å². The lowest BCUT2D eigenvalue weighted by Gasteiger charge is -2.14. The minimum atomic E-state index is -0.282. The molecule has 2 N–H and O–H groups in total. The number of hydrogen-bond donors (Lipinski definition) is 2. The van der Waals surface area contributed by atoms with Crippen LogP contribution in [0.3, 0.4) is 0 Å². The summed E-state index contributed by atoms with van der Waals surface area (Å²) in [5, 5.41) is 3.13. The maximum Gasteiger partial charge on any atom is 0.251 e. The minimum absolute atomic E-state index is 0.0251. The van der Waals surface area contributed by atoms with E-state index in [1.165, 1.54) is 48.9 Å². The fourth-order valence-electron chi connectivity index (χ4n) is 2.25. The van der Waals surface area contributed by atoms with Crippen molar-refractivity contribution in [2.45, 2.75) is 49.4 Å². The normalized spacial score (nSPS) is 16.1. The van der Waals surface area contributed by atoms with Gasteiger partial charge in [0.2, 0.25) is 5.91 Å². The molecule has 21 heavy (non-hydrogen) atoms. The third-order valence-electron chi connectivity index (χ3n) is 3.44. The van der Waals surface area contributed by atoms with Gasteiger partial charge in [-0.15, -0.1) is 0 Å². The second kappa shape index (κ2) is 8.02. The van der Waals surface area contributed by atoms with E-state index >= 15 is 0 Å². The summed E-state index contributed by atoms with van der Waals surface area (Å²) in [5.41, 5.74) is 1.25. The van der Waals surface area contributed by atoms with Gasteiger partial charge in [0, 0.05) is 18.8 Å². The van der Waals surface area contributed by atoms with Gasteiger partial charge in [-0.2, -0.15) is 0 Å². The van der Waals surface area contributed by atoms with Crippen LogP contribution >= 0.6 is 11.8 Å². The molecular weight excluding hydrogens is 286 g/mol. The minimum Gasteiger partial charge on any atom is -0.355 e. The van der Waals surface area contributed by atoms with E-state index in [0.29, 0.717) is 11.7 Å². The van der Waals surface area contributed by atoms with Crippen molar-refractivity contribution in [2.75, 3.05) is 6.54 Å². The van der Waals surface area contributed by atoms with Gasteiger partial charge in [0.1, 0.15) is 0 Å². The summed E-state index contributed by atoms with van der Waals surface area (Å²) in [6.45, 7) is 2.49. The number of hydrogen-bond acceptors (Lipinski definition) is 4. The van der Waals surface area contributed by atoms with Crippen LogP contribution in [-0.4, -0.2) is 27.7 Å². The van der Waals surface area contributed by atoms with E-state index in [-0.39, 0.29) is 16.7 Å². The van der Waals surface area contributed by atoms with E-state index in [2.05, 4.69) is 21.4 Å². The van der Waals surface area contributed by atoms with Crippen LogP contribution < -0.4 is 10.9 Å². The fraction of sp³-hybridized carbons (Fsp3) is 0.533. The van der Waals surface area contributed by atoms with Crippen molar-refractivity contribution in [3.63, 3.8) is 0 Å². The summed E-state index contributed by atoms with van der Waals surface area (Å²) in [4.78, 5) is 29.8. The Labute approximate surface area is 128 Å². The molecule has 1 aromatic rings. The topological polar surface area (TPSA) is 74.8 Å². The third kappa shape index (κ3) is 5.38. The van der Waals surface area contributed by atoms with E-state index in [9.17, 15) is 9.59 Å². The highest BCUT2D eigenvalue weighted by atomic mass is 32.2. The zero-order chi connectivity index (χ0) is 15.1. The first-order valence-electron chi connectivity index (χ1n) is 7.33. The standard InChI is InChI=1S/C15H21N3O2S/c1-11(21-15-17-10-8-13(19)18-15)14(20)16-9-7-12-5-3-2-4-6-12/h5,8,10-11H,2-4,6-7,9H2,1H3,(H,16,20)(H,17,18,19)/t11-/m1/s1. The molecule has 0 fully saturated rings. The van der Waals surface area contributed by atoms with Crippen molar-refractivity contribution >= 4 is 17.7 Å². The molecule has 0 radical (unpaired) electrons. The third-order valence-corrected chi connectivity index (χ3v) is 4.43. The lowest BCUT2D eigenvalue weighted by molar-refractivity contribution is -0.120. The smallest absolute Gasteiger partial charge is 0.251 e. The van der Waals surface area contributed by atoms with Crippen molar-refractivity contribution in [1.82, 2.24) is 15.3 Å². The average Bonchev–Trinajstić information content (AvgIpc) is 2.48. The van der Waals surface area contributed by atoms with E-state index in [4.69, 9.17) is 0 Å². The van der Waals surface area contributed by atoms with Gasteiger partial charge in [0.25, 0.3) is 5.56 Å². The zero-order valence-electron chi connectivity index (χ0n) is 12.2. The van der Waals surface area contributed by atoms with Crippen LogP contribution in [0.4, 0.5) is 0 Å². The fourth-order valence-corrected chi connectivity index (χ4v) is 3.06. The Bertz CT molecular complexity index is 568. The molecule has 6 heteroatoms. The summed E-state index contributed by atoms with van der Waals surface area (Å²) < 4.78 is 0. The summed E-state index contributed by atoms with van der Waals surface area (Å²) in [6.07, 6.45) is 9.56. The van der Waals surface area contributed by atoms with Crippen molar-refractivity contribution in [2.24, 2.45) is 0 Å². The molecule has 1 aliphatic rings. The van der Waals surface area contributed by atoms with Crippen LogP contribution in [0.2, 0.25) is 0 Å². The predicted molar refractivity (Wildman–Crippen MR) is 84.4 cm³/mol. The first-order valence-corrected chi connectivity index (χ1v) is 8.21.